The van der Waals surface area contributed by atoms with E-state index < -0.39 is 21.8 Å². The SMILES string of the molecule is CC(C)(C)OC(=O)N1CCC(n2ccc(CO)n2)CC1.CS(=O)(=O)OCc1ccn(OC(=O)N2CCCCC2)n1. The molecule has 40 heavy (non-hydrogen) atoms. The van der Waals surface area contributed by atoms with Gasteiger partial charge in [-0.25, -0.2) is 9.59 Å². The van der Waals surface area contributed by atoms with Crippen molar-refractivity contribution < 1.29 is 36.9 Å². The Morgan fingerprint density at radius 3 is 2.15 bits per heavy atom. The van der Waals surface area contributed by atoms with Crippen LogP contribution in [-0.4, -0.2) is 93.3 Å². The molecule has 2 fully saturated rings. The molecule has 2 saturated heterocycles. The van der Waals surface area contributed by atoms with Crippen molar-refractivity contribution in [3.8, 4) is 0 Å². The number of amides is 2. The summed E-state index contributed by atoms with van der Waals surface area (Å²) < 4.78 is 33.5. The number of carbonyl (C=O) groups is 2. The monoisotopic (exact) mass is 584 g/mol. The van der Waals surface area contributed by atoms with Crippen LogP contribution in [0.4, 0.5) is 9.59 Å². The molecule has 2 aliphatic heterocycles. The number of piperidine rings is 2. The van der Waals surface area contributed by atoms with Gasteiger partial charge in [0.2, 0.25) is 0 Å². The summed E-state index contributed by atoms with van der Waals surface area (Å²) in [5, 5.41) is 17.2. The highest BCUT2D eigenvalue weighted by Crippen LogP contribution is 2.23. The molecule has 0 aromatic carbocycles. The summed E-state index contributed by atoms with van der Waals surface area (Å²) in [7, 11) is -3.52. The Morgan fingerprint density at radius 1 is 0.950 bits per heavy atom. The number of aliphatic hydroxyl groups is 1. The molecule has 4 heterocycles. The van der Waals surface area contributed by atoms with Gasteiger partial charge < -0.3 is 19.6 Å². The van der Waals surface area contributed by atoms with E-state index in [4.69, 9.17) is 14.7 Å². The van der Waals surface area contributed by atoms with Gasteiger partial charge in [-0.3, -0.25) is 13.7 Å². The highest BCUT2D eigenvalue weighted by Gasteiger charge is 2.27. The van der Waals surface area contributed by atoms with E-state index in [0.717, 1.165) is 43.2 Å². The molecule has 224 valence electrons. The zero-order valence-corrected chi connectivity index (χ0v) is 24.4. The van der Waals surface area contributed by atoms with E-state index in [-0.39, 0.29) is 25.3 Å². The normalized spacial score (nSPS) is 16.7. The molecule has 4 rings (SSSR count). The van der Waals surface area contributed by atoms with Gasteiger partial charge in [-0.1, -0.05) is 4.85 Å². The van der Waals surface area contributed by atoms with Gasteiger partial charge >= 0.3 is 12.2 Å². The number of aliphatic hydroxyl groups excluding tert-OH is 1. The molecule has 2 amide bonds. The lowest BCUT2D eigenvalue weighted by molar-refractivity contribution is 0.0184. The molecular formula is C25H40N6O8S. The van der Waals surface area contributed by atoms with Gasteiger partial charge in [-0.15, -0.1) is 5.10 Å². The number of hydrogen-bond acceptors (Lipinski definition) is 10. The van der Waals surface area contributed by atoms with Crippen molar-refractivity contribution in [1.82, 2.24) is 29.5 Å². The summed E-state index contributed by atoms with van der Waals surface area (Å²) in [5.74, 6) is 0. The van der Waals surface area contributed by atoms with Crippen molar-refractivity contribution in [1.29, 1.82) is 0 Å². The van der Waals surface area contributed by atoms with Gasteiger partial charge in [0, 0.05) is 32.4 Å². The molecule has 0 atom stereocenters. The quantitative estimate of drug-likeness (QED) is 0.500. The average Bonchev–Trinajstić information content (AvgIpc) is 3.57. The fourth-order valence-electron chi connectivity index (χ4n) is 4.16. The van der Waals surface area contributed by atoms with Crippen molar-refractivity contribution in [3.05, 3.63) is 35.9 Å². The average molecular weight is 585 g/mol. The van der Waals surface area contributed by atoms with Gasteiger partial charge in [0.1, 0.15) is 12.2 Å². The first-order chi connectivity index (χ1) is 18.8. The van der Waals surface area contributed by atoms with E-state index >= 15 is 0 Å². The van der Waals surface area contributed by atoms with E-state index in [2.05, 4.69) is 14.4 Å². The summed E-state index contributed by atoms with van der Waals surface area (Å²) in [5.41, 5.74) is 0.591. The smallest absolute Gasteiger partial charge is 0.435 e. The number of ether oxygens (including phenoxy) is 1. The standard InChI is InChI=1S/C14H23N3O3.C11H17N3O5S/c1-14(2,3)20-13(19)16-7-5-12(6-8-16)17-9-4-11(10-18)15-17;1-20(16,17)18-9-10-5-8-14(12-10)19-11(15)13-6-3-2-4-7-13/h4,9,12,18H,5-8,10H2,1-3H3;5,8H,2-4,6-7,9H2,1H3. The number of hydrogen-bond donors (Lipinski definition) is 1. The molecule has 2 aromatic heterocycles. The zero-order valence-electron chi connectivity index (χ0n) is 23.6. The highest BCUT2D eigenvalue weighted by atomic mass is 32.2. The zero-order chi connectivity index (χ0) is 29.3. The molecule has 14 nitrogen and oxygen atoms in total. The van der Waals surface area contributed by atoms with E-state index in [9.17, 15) is 18.0 Å². The maximum Gasteiger partial charge on any atom is 0.435 e. The van der Waals surface area contributed by atoms with E-state index in [1.165, 1.54) is 12.3 Å². The molecule has 15 heteroatoms. The minimum Gasteiger partial charge on any atom is -0.444 e. The predicted octanol–water partition coefficient (Wildman–Crippen LogP) is 2.34. The third-order valence-corrected chi connectivity index (χ3v) is 6.69. The minimum atomic E-state index is -3.52. The van der Waals surface area contributed by atoms with E-state index in [1.54, 1.807) is 9.80 Å². The van der Waals surface area contributed by atoms with Crippen molar-refractivity contribution >= 4 is 22.3 Å². The lowest BCUT2D eigenvalue weighted by Crippen LogP contribution is -2.42. The molecule has 0 unspecified atom stereocenters. The second-order valence-corrected chi connectivity index (χ2v) is 12.4. The van der Waals surface area contributed by atoms with Crippen LogP contribution in [0.3, 0.4) is 0 Å². The van der Waals surface area contributed by atoms with E-state index in [1.807, 2.05) is 37.7 Å². The van der Waals surface area contributed by atoms with Crippen LogP contribution in [0.25, 0.3) is 0 Å². The Kier molecular flexibility index (Phi) is 10.9. The number of likely N-dealkylation sites (tertiary alicyclic amines) is 2. The van der Waals surface area contributed by atoms with Crippen LogP contribution in [0.15, 0.2) is 24.5 Å². The first-order valence-electron chi connectivity index (χ1n) is 13.3. The van der Waals surface area contributed by atoms with Crippen molar-refractivity contribution in [2.24, 2.45) is 0 Å². The molecular weight excluding hydrogens is 544 g/mol. The lowest BCUT2D eigenvalue weighted by atomic mass is 10.1. The van der Waals surface area contributed by atoms with Gasteiger partial charge in [0.05, 0.1) is 36.5 Å². The Hall–Kier alpha value is -3.17. The third-order valence-electron chi connectivity index (χ3n) is 6.14. The summed E-state index contributed by atoms with van der Waals surface area (Å²) in [6.45, 7) is 8.11. The summed E-state index contributed by atoms with van der Waals surface area (Å²) >= 11 is 0. The topological polar surface area (TPSA) is 158 Å². The fraction of sp³-hybridized carbons (Fsp3) is 0.680. The van der Waals surface area contributed by atoms with Crippen LogP contribution < -0.4 is 4.84 Å². The third kappa shape index (κ3) is 10.4. The minimum absolute atomic E-state index is 0.0379. The summed E-state index contributed by atoms with van der Waals surface area (Å²) in [4.78, 5) is 33.2. The van der Waals surface area contributed by atoms with Crippen LogP contribution >= 0.6 is 0 Å². The highest BCUT2D eigenvalue weighted by molar-refractivity contribution is 7.85. The summed E-state index contributed by atoms with van der Waals surface area (Å²) in [6, 6.07) is 3.63. The van der Waals surface area contributed by atoms with Crippen LogP contribution in [0, 0.1) is 0 Å². The van der Waals surface area contributed by atoms with Crippen molar-refractivity contribution in [3.63, 3.8) is 0 Å². The maximum absolute atomic E-state index is 12.0. The molecule has 0 bridgehead atoms. The number of nitrogens with zero attached hydrogens (tertiary/aromatic N) is 6. The van der Waals surface area contributed by atoms with Crippen LogP contribution in [0.1, 0.15) is 70.3 Å². The maximum atomic E-state index is 12.0. The Labute approximate surface area is 234 Å². The molecule has 1 N–H and O–H groups in total. The van der Waals surface area contributed by atoms with Crippen molar-refractivity contribution in [2.45, 2.75) is 77.7 Å². The first kappa shape index (κ1) is 31.4. The molecule has 2 aromatic rings. The van der Waals surface area contributed by atoms with Gasteiger partial charge in [0.15, 0.2) is 0 Å². The largest absolute Gasteiger partial charge is 0.444 e. The Bertz CT molecular complexity index is 1210. The fourth-order valence-corrected chi connectivity index (χ4v) is 4.49. The lowest BCUT2D eigenvalue weighted by Gasteiger charge is -2.33. The van der Waals surface area contributed by atoms with Crippen LogP contribution in [-0.2, 0) is 32.3 Å². The first-order valence-corrected chi connectivity index (χ1v) is 15.1. The number of rotatable bonds is 6. The molecule has 0 radical (unpaired) electrons. The second kappa shape index (κ2) is 13.9. The summed E-state index contributed by atoms with van der Waals surface area (Å²) in [6.07, 6.45) is 8.36. The second-order valence-electron chi connectivity index (χ2n) is 10.7. The molecule has 2 aliphatic rings. The number of carbonyl (C=O) groups excluding carboxylic acids is 2. The van der Waals surface area contributed by atoms with Crippen LogP contribution in [0.5, 0.6) is 0 Å². The van der Waals surface area contributed by atoms with Crippen LogP contribution in [0.2, 0.25) is 0 Å². The van der Waals surface area contributed by atoms with Gasteiger partial charge in [-0.2, -0.15) is 13.5 Å². The molecule has 0 spiro atoms. The number of aromatic nitrogens is 4. The van der Waals surface area contributed by atoms with Crippen molar-refractivity contribution in [2.75, 3.05) is 32.4 Å². The predicted molar refractivity (Wildman–Crippen MR) is 143 cm³/mol. The Morgan fingerprint density at radius 2 is 1.57 bits per heavy atom. The Balaban J connectivity index is 0.000000220. The van der Waals surface area contributed by atoms with Gasteiger partial charge in [0.25, 0.3) is 10.1 Å². The van der Waals surface area contributed by atoms with E-state index in [0.29, 0.717) is 37.6 Å². The molecule has 0 saturated carbocycles. The van der Waals surface area contributed by atoms with Gasteiger partial charge in [-0.05, 0) is 65.0 Å². The molecule has 0 aliphatic carbocycles.